The van der Waals surface area contributed by atoms with Crippen molar-refractivity contribution in [2.45, 2.75) is 107 Å². The van der Waals surface area contributed by atoms with E-state index in [2.05, 4.69) is 61.6 Å². The predicted molar refractivity (Wildman–Crippen MR) is 258 cm³/mol. The van der Waals surface area contributed by atoms with E-state index in [1.807, 2.05) is 24.3 Å². The first kappa shape index (κ1) is 46.8. The third-order valence-corrected chi connectivity index (χ3v) is 16.5. The number of nitro groups is 1. The van der Waals surface area contributed by atoms with Crippen LogP contribution in [0.5, 0.6) is 5.75 Å². The summed E-state index contributed by atoms with van der Waals surface area (Å²) in [6.07, 6.45) is 9.46. The number of ether oxygens (including phenoxy) is 2. The summed E-state index contributed by atoms with van der Waals surface area (Å²) in [6, 6.07) is 18.1. The molecule has 356 valence electrons. The molecule has 0 aromatic heterocycles. The molecular formula is C49H65ClN8O7S. The summed E-state index contributed by atoms with van der Waals surface area (Å²) in [7, 11) is -4.53. The summed E-state index contributed by atoms with van der Waals surface area (Å²) in [5, 5.41) is 16.4. The SMILES string of the molecule is CC1(C)CCC(CN2CCN(c3ccc(C(=O)NS(=O)(=O)c4ccc(NC5CCN(C6CCOCC6)CC5)c([N+](=O)[O-])c4)c(OC4CCCC5NNCC54)c3)CC2)=C(c2ccc(Cl)cc2)C1. The van der Waals surface area contributed by atoms with Gasteiger partial charge in [-0.2, -0.15) is 0 Å². The first-order valence-electron chi connectivity index (χ1n) is 24.0. The van der Waals surface area contributed by atoms with Crippen LogP contribution >= 0.6 is 11.6 Å². The number of likely N-dealkylation sites (tertiary alicyclic amines) is 1. The molecule has 4 saturated heterocycles. The maximum Gasteiger partial charge on any atom is 0.293 e. The first-order valence-corrected chi connectivity index (χ1v) is 25.8. The average Bonchev–Trinajstić information content (AvgIpc) is 3.81. The standard InChI is InChI=1S/C49H65ClN8O7S/c1-49(2)19-14-34(41(30-49)33-6-8-35(50)9-7-33)32-55-22-24-57(25-23-55)38-10-12-40(47(28-38)65-46-5-3-4-43-42(46)31-51-53-43)48(59)54-66(62,63)39-11-13-44(45(29-39)58(60)61)52-36-15-20-56(21-16-36)37-17-26-64-27-18-37/h6-13,28-29,36-37,42-43,46,51-53H,3-5,14-27,30-32H2,1-2H3,(H,54,59). The van der Waals surface area contributed by atoms with E-state index in [9.17, 15) is 23.3 Å². The number of rotatable bonds is 13. The second-order valence-corrected chi connectivity index (χ2v) is 22.0. The van der Waals surface area contributed by atoms with Crippen LogP contribution in [-0.2, 0) is 14.8 Å². The van der Waals surface area contributed by atoms with Gasteiger partial charge in [-0.3, -0.25) is 30.7 Å². The van der Waals surface area contributed by atoms with Gasteiger partial charge in [0.25, 0.3) is 21.6 Å². The van der Waals surface area contributed by atoms with E-state index >= 15 is 0 Å². The van der Waals surface area contributed by atoms with Crippen molar-refractivity contribution in [3.05, 3.63) is 92.5 Å². The molecule has 1 amide bonds. The summed E-state index contributed by atoms with van der Waals surface area (Å²) in [5.41, 5.74) is 11.9. The molecule has 0 spiro atoms. The predicted octanol–water partition coefficient (Wildman–Crippen LogP) is 7.23. The number of hydrazine groups is 1. The Bertz CT molecular complexity index is 2380. The molecule has 3 atom stereocenters. The maximum absolute atomic E-state index is 14.1. The molecule has 0 radical (unpaired) electrons. The Balaban J connectivity index is 0.895. The Morgan fingerprint density at radius 1 is 0.955 bits per heavy atom. The quantitative estimate of drug-likeness (QED) is 0.100. The van der Waals surface area contributed by atoms with Gasteiger partial charge in [0, 0.05) is 112 Å². The molecule has 4 aliphatic heterocycles. The number of halogens is 1. The van der Waals surface area contributed by atoms with Crippen molar-refractivity contribution in [3.63, 3.8) is 0 Å². The van der Waals surface area contributed by atoms with Gasteiger partial charge in [0.15, 0.2) is 0 Å². The van der Waals surface area contributed by atoms with E-state index in [1.165, 1.54) is 28.8 Å². The van der Waals surface area contributed by atoms with Crippen LogP contribution in [0.1, 0.15) is 94.0 Å². The van der Waals surface area contributed by atoms with Crippen LogP contribution in [0.3, 0.4) is 0 Å². The highest BCUT2D eigenvalue weighted by atomic mass is 35.5. The molecule has 2 aliphatic carbocycles. The highest BCUT2D eigenvalue weighted by molar-refractivity contribution is 7.90. The molecule has 66 heavy (non-hydrogen) atoms. The number of nitrogens with one attached hydrogen (secondary N) is 4. The number of sulfonamides is 1. The van der Waals surface area contributed by atoms with E-state index in [4.69, 9.17) is 21.1 Å². The third-order valence-electron chi connectivity index (χ3n) is 14.9. The molecule has 3 unspecified atom stereocenters. The number of hydrogen-bond donors (Lipinski definition) is 4. The number of benzene rings is 3. The fraction of sp³-hybridized carbons (Fsp3) is 0.571. The fourth-order valence-corrected chi connectivity index (χ4v) is 12.2. The Labute approximate surface area is 394 Å². The Kier molecular flexibility index (Phi) is 14.3. The van der Waals surface area contributed by atoms with Crippen molar-refractivity contribution in [2.75, 3.05) is 75.8 Å². The highest BCUT2D eigenvalue weighted by Crippen LogP contribution is 2.44. The number of piperazine rings is 1. The molecule has 5 fully saturated rings. The molecule has 4 heterocycles. The number of piperidine rings is 1. The summed E-state index contributed by atoms with van der Waals surface area (Å²) in [5.74, 6) is -0.371. The molecule has 4 N–H and O–H groups in total. The molecular weight excluding hydrogens is 880 g/mol. The van der Waals surface area contributed by atoms with Gasteiger partial charge in [-0.15, -0.1) is 0 Å². The largest absolute Gasteiger partial charge is 0.489 e. The van der Waals surface area contributed by atoms with Gasteiger partial charge >= 0.3 is 0 Å². The smallest absolute Gasteiger partial charge is 0.293 e. The van der Waals surface area contributed by atoms with Crippen LogP contribution in [0.15, 0.2) is 71.1 Å². The van der Waals surface area contributed by atoms with Gasteiger partial charge in [-0.1, -0.05) is 43.2 Å². The van der Waals surface area contributed by atoms with E-state index in [0.717, 1.165) is 147 Å². The first-order chi connectivity index (χ1) is 31.8. The summed E-state index contributed by atoms with van der Waals surface area (Å²) < 4.78 is 42.3. The van der Waals surface area contributed by atoms with Crippen LogP contribution < -0.4 is 30.5 Å². The minimum atomic E-state index is -4.53. The number of nitrogens with zero attached hydrogens (tertiary/aromatic N) is 4. The topological polar surface area (TPSA) is 171 Å². The van der Waals surface area contributed by atoms with Crippen molar-refractivity contribution < 1.29 is 27.6 Å². The van der Waals surface area contributed by atoms with Crippen molar-refractivity contribution in [2.24, 2.45) is 11.3 Å². The second kappa shape index (κ2) is 20.1. The summed E-state index contributed by atoms with van der Waals surface area (Å²) in [4.78, 5) is 32.8. The van der Waals surface area contributed by atoms with Crippen molar-refractivity contribution in [3.8, 4) is 5.75 Å². The number of nitro benzene ring substituents is 1. The Morgan fingerprint density at radius 3 is 2.45 bits per heavy atom. The van der Waals surface area contributed by atoms with E-state index in [1.54, 1.807) is 6.07 Å². The Hall–Kier alpha value is -4.29. The minimum Gasteiger partial charge on any atom is -0.489 e. The van der Waals surface area contributed by atoms with E-state index in [0.29, 0.717) is 11.8 Å². The number of amides is 1. The van der Waals surface area contributed by atoms with Crippen LogP contribution in [0.4, 0.5) is 17.1 Å². The third kappa shape index (κ3) is 10.9. The molecule has 6 aliphatic rings. The van der Waals surface area contributed by atoms with Gasteiger partial charge in [-0.05, 0) is 117 Å². The number of anilines is 2. The van der Waals surface area contributed by atoms with Gasteiger partial charge in [0.05, 0.1) is 15.4 Å². The lowest BCUT2D eigenvalue weighted by atomic mass is 9.72. The number of allylic oxidation sites excluding steroid dienone is 1. The summed E-state index contributed by atoms with van der Waals surface area (Å²) in [6.45, 7) is 12.9. The zero-order valence-electron chi connectivity index (χ0n) is 38.2. The monoisotopic (exact) mass is 944 g/mol. The van der Waals surface area contributed by atoms with E-state index in [-0.39, 0.29) is 51.4 Å². The molecule has 17 heteroatoms. The van der Waals surface area contributed by atoms with Crippen molar-refractivity contribution in [1.29, 1.82) is 0 Å². The fourth-order valence-electron chi connectivity index (χ4n) is 11.1. The molecule has 3 aromatic rings. The molecule has 9 rings (SSSR count). The lowest BCUT2D eigenvalue weighted by Crippen LogP contribution is -2.47. The minimum absolute atomic E-state index is 0.00320. The zero-order chi connectivity index (χ0) is 46.0. The van der Waals surface area contributed by atoms with Crippen LogP contribution in [0.25, 0.3) is 5.57 Å². The molecule has 15 nitrogen and oxygen atoms in total. The van der Waals surface area contributed by atoms with Crippen LogP contribution in [-0.4, -0.2) is 119 Å². The number of carbonyl (C=O) groups excluding carboxylic acids is 1. The van der Waals surface area contributed by atoms with Gasteiger partial charge in [0.1, 0.15) is 17.5 Å². The highest BCUT2D eigenvalue weighted by Gasteiger charge is 2.39. The van der Waals surface area contributed by atoms with Crippen molar-refractivity contribution in [1.82, 2.24) is 25.4 Å². The molecule has 0 bridgehead atoms. The average molecular weight is 946 g/mol. The van der Waals surface area contributed by atoms with Gasteiger partial charge in [-0.25, -0.2) is 13.1 Å². The number of hydrogen-bond acceptors (Lipinski definition) is 13. The zero-order valence-corrected chi connectivity index (χ0v) is 39.8. The number of carbonyl (C=O) groups is 1. The second-order valence-electron chi connectivity index (χ2n) is 19.9. The summed E-state index contributed by atoms with van der Waals surface area (Å²) >= 11 is 6.26. The van der Waals surface area contributed by atoms with Crippen molar-refractivity contribution >= 4 is 50.2 Å². The maximum atomic E-state index is 14.1. The number of fused-ring (bicyclic) bond motifs is 1. The van der Waals surface area contributed by atoms with Gasteiger partial charge in [0.2, 0.25) is 0 Å². The molecule has 1 saturated carbocycles. The van der Waals surface area contributed by atoms with E-state index < -0.39 is 20.9 Å². The lowest BCUT2D eigenvalue weighted by Gasteiger charge is -2.39. The lowest BCUT2D eigenvalue weighted by molar-refractivity contribution is -0.384. The van der Waals surface area contributed by atoms with Gasteiger partial charge < -0.3 is 24.6 Å². The Morgan fingerprint density at radius 2 is 1.71 bits per heavy atom. The van der Waals surface area contributed by atoms with Crippen LogP contribution in [0, 0.1) is 21.4 Å². The normalized spacial score (nSPS) is 24.8. The molecule has 3 aromatic carbocycles. The van der Waals surface area contributed by atoms with Crippen LogP contribution in [0.2, 0.25) is 5.02 Å².